The van der Waals surface area contributed by atoms with Crippen molar-refractivity contribution in [3.05, 3.63) is 67.6 Å². The molecule has 1 aromatic carbocycles. The molecule has 10 heteroatoms. The number of nitro groups is 1. The minimum absolute atomic E-state index is 0.00869. The lowest BCUT2D eigenvalue weighted by molar-refractivity contribution is -0.389. The van der Waals surface area contributed by atoms with Crippen LogP contribution in [0.25, 0.3) is 0 Å². The molecule has 9 nitrogen and oxygen atoms in total. The summed E-state index contributed by atoms with van der Waals surface area (Å²) in [5.74, 6) is 0.710. The van der Waals surface area contributed by atoms with Gasteiger partial charge in [-0.05, 0) is 94.0 Å². The van der Waals surface area contributed by atoms with E-state index in [1.165, 1.54) is 5.56 Å². The Balaban J connectivity index is 1.23. The number of amides is 1. The number of carbonyl (C=O) groups excluding carboxylic acids is 1. The van der Waals surface area contributed by atoms with Crippen LogP contribution in [0.3, 0.4) is 0 Å². The van der Waals surface area contributed by atoms with Crippen LogP contribution < -0.4 is 5.32 Å². The second-order valence-corrected chi connectivity index (χ2v) is 12.9. The SMILES string of the molecule is Cc1ccc(Cn2nc(C)c(NC(=O)CC34CC5CC(C3)CC(n3nc([N+](=O)[O-])c(Cl)c3C)(C5)C4)c2C)cc1. The van der Waals surface area contributed by atoms with Gasteiger partial charge in [-0.2, -0.15) is 9.78 Å². The lowest BCUT2D eigenvalue weighted by Crippen LogP contribution is -2.57. The lowest BCUT2D eigenvalue weighted by atomic mass is 9.46. The number of halogens is 1. The Morgan fingerprint density at radius 1 is 1.08 bits per heavy atom. The lowest BCUT2D eigenvalue weighted by Gasteiger charge is -2.61. The topological polar surface area (TPSA) is 108 Å². The van der Waals surface area contributed by atoms with Crippen molar-refractivity contribution in [2.45, 2.75) is 84.7 Å². The first-order valence-corrected chi connectivity index (χ1v) is 14.1. The van der Waals surface area contributed by atoms with E-state index in [1.807, 2.05) is 30.1 Å². The van der Waals surface area contributed by atoms with E-state index < -0.39 is 4.92 Å². The molecule has 4 aliphatic rings. The second-order valence-electron chi connectivity index (χ2n) is 12.5. The average molecular weight is 551 g/mol. The quantitative estimate of drug-likeness (QED) is 0.276. The molecule has 206 valence electrons. The number of aromatic nitrogens is 4. The first-order valence-electron chi connectivity index (χ1n) is 13.8. The van der Waals surface area contributed by atoms with Gasteiger partial charge in [0.2, 0.25) is 5.91 Å². The fourth-order valence-electron chi connectivity index (χ4n) is 8.33. The summed E-state index contributed by atoms with van der Waals surface area (Å²) >= 11 is 6.35. The predicted molar refractivity (Wildman–Crippen MR) is 149 cm³/mol. The van der Waals surface area contributed by atoms with Crippen molar-refractivity contribution in [3.8, 4) is 0 Å². The van der Waals surface area contributed by atoms with Crippen LogP contribution in [0.1, 0.15) is 73.2 Å². The van der Waals surface area contributed by atoms with E-state index in [-0.39, 0.29) is 27.7 Å². The molecule has 0 radical (unpaired) electrons. The molecule has 0 aliphatic heterocycles. The average Bonchev–Trinajstić information content (AvgIpc) is 3.30. The summed E-state index contributed by atoms with van der Waals surface area (Å²) in [6, 6.07) is 8.41. The molecule has 1 amide bonds. The number of carbonyl (C=O) groups is 1. The molecule has 2 aromatic heterocycles. The summed E-state index contributed by atoms with van der Waals surface area (Å²) in [6.45, 7) is 8.48. The Morgan fingerprint density at radius 2 is 1.74 bits per heavy atom. The molecule has 4 fully saturated rings. The minimum atomic E-state index is -0.501. The zero-order valence-electron chi connectivity index (χ0n) is 23.0. The molecule has 2 unspecified atom stereocenters. The molecule has 2 atom stereocenters. The van der Waals surface area contributed by atoms with Gasteiger partial charge in [-0.25, -0.2) is 0 Å². The van der Waals surface area contributed by atoms with Crippen LogP contribution in [0.4, 0.5) is 11.5 Å². The van der Waals surface area contributed by atoms with Crippen LogP contribution in [-0.2, 0) is 16.9 Å². The zero-order chi connectivity index (χ0) is 27.7. The van der Waals surface area contributed by atoms with Crippen LogP contribution in [0.15, 0.2) is 24.3 Å². The van der Waals surface area contributed by atoms with Crippen LogP contribution in [0, 0.1) is 55.1 Å². The summed E-state index contributed by atoms with van der Waals surface area (Å²) < 4.78 is 3.80. The monoisotopic (exact) mass is 550 g/mol. The highest BCUT2D eigenvalue weighted by molar-refractivity contribution is 6.33. The van der Waals surface area contributed by atoms with E-state index in [2.05, 4.69) is 41.6 Å². The Morgan fingerprint density at radius 3 is 2.36 bits per heavy atom. The van der Waals surface area contributed by atoms with E-state index >= 15 is 0 Å². The number of rotatable bonds is 7. The Labute approximate surface area is 233 Å². The molecular weight excluding hydrogens is 516 g/mol. The molecule has 0 spiro atoms. The van der Waals surface area contributed by atoms with E-state index in [1.54, 1.807) is 0 Å². The van der Waals surface area contributed by atoms with Gasteiger partial charge < -0.3 is 15.4 Å². The highest BCUT2D eigenvalue weighted by Crippen LogP contribution is 2.65. The summed E-state index contributed by atoms with van der Waals surface area (Å²) in [7, 11) is 0. The molecule has 4 saturated carbocycles. The second kappa shape index (κ2) is 9.18. The van der Waals surface area contributed by atoms with Gasteiger partial charge in [0.15, 0.2) is 5.02 Å². The predicted octanol–water partition coefficient (Wildman–Crippen LogP) is 6.25. The zero-order valence-corrected chi connectivity index (χ0v) is 23.7. The molecule has 0 saturated heterocycles. The molecule has 7 rings (SSSR count). The van der Waals surface area contributed by atoms with Crippen molar-refractivity contribution in [1.82, 2.24) is 19.6 Å². The van der Waals surface area contributed by atoms with E-state index in [0.29, 0.717) is 30.5 Å². The summed E-state index contributed by atoms with van der Waals surface area (Å²) in [5.41, 5.74) is 5.10. The summed E-state index contributed by atoms with van der Waals surface area (Å²) in [4.78, 5) is 24.6. The van der Waals surface area contributed by atoms with E-state index in [4.69, 9.17) is 16.7 Å². The fourth-order valence-corrected chi connectivity index (χ4v) is 8.51. The van der Waals surface area contributed by atoms with Gasteiger partial charge in [-0.3, -0.25) is 9.48 Å². The molecule has 4 bridgehead atoms. The third-order valence-corrected chi connectivity index (χ3v) is 9.88. The first-order chi connectivity index (χ1) is 18.5. The highest BCUT2D eigenvalue weighted by atomic mass is 35.5. The van der Waals surface area contributed by atoms with Crippen LogP contribution in [0.5, 0.6) is 0 Å². The normalized spacial score (nSPS) is 27.2. The number of aryl methyl sites for hydroxylation is 2. The van der Waals surface area contributed by atoms with Gasteiger partial charge in [0, 0.05) is 6.42 Å². The minimum Gasteiger partial charge on any atom is -0.358 e. The third-order valence-electron chi connectivity index (χ3n) is 9.43. The summed E-state index contributed by atoms with van der Waals surface area (Å²) in [6.07, 6.45) is 6.28. The fraction of sp³-hybridized carbons (Fsp3) is 0.552. The van der Waals surface area contributed by atoms with E-state index in [0.717, 1.165) is 61.2 Å². The van der Waals surface area contributed by atoms with Gasteiger partial charge in [0.25, 0.3) is 0 Å². The molecule has 2 heterocycles. The van der Waals surface area contributed by atoms with Gasteiger partial charge in [-0.15, -0.1) is 0 Å². The molecular formula is C29H35ClN6O3. The van der Waals surface area contributed by atoms with Gasteiger partial charge in [0.05, 0.1) is 40.0 Å². The van der Waals surface area contributed by atoms with Crippen LogP contribution in [-0.4, -0.2) is 30.4 Å². The van der Waals surface area contributed by atoms with Crippen LogP contribution >= 0.6 is 11.6 Å². The van der Waals surface area contributed by atoms with Crippen LogP contribution in [0.2, 0.25) is 5.02 Å². The van der Waals surface area contributed by atoms with Gasteiger partial charge >= 0.3 is 5.82 Å². The third kappa shape index (κ3) is 4.44. The number of hydrogen-bond donors (Lipinski definition) is 1. The standard InChI is InChI=1S/C29H35ClN6O3/c1-17-5-7-21(8-6-17)15-34-20(4)26(18(2)32-34)31-24(37)14-28-10-22-9-23(11-28)13-29(12-22,16-28)35-19(3)25(30)27(33-35)36(38)39/h5-8,22-23H,9-16H2,1-4H3,(H,31,37). The maximum absolute atomic E-state index is 13.6. The van der Waals surface area contributed by atoms with Crippen molar-refractivity contribution in [3.63, 3.8) is 0 Å². The highest BCUT2D eigenvalue weighted by Gasteiger charge is 2.61. The Hall–Kier alpha value is -3.20. The maximum atomic E-state index is 13.6. The van der Waals surface area contributed by atoms with Crippen molar-refractivity contribution in [1.29, 1.82) is 0 Å². The van der Waals surface area contributed by atoms with Crippen molar-refractivity contribution in [2.24, 2.45) is 17.3 Å². The maximum Gasteiger partial charge on any atom is 0.408 e. The number of anilines is 1. The molecule has 39 heavy (non-hydrogen) atoms. The molecule has 4 aliphatic carbocycles. The number of nitrogens with zero attached hydrogens (tertiary/aromatic N) is 5. The van der Waals surface area contributed by atoms with Gasteiger partial charge in [-0.1, -0.05) is 41.4 Å². The summed E-state index contributed by atoms with van der Waals surface area (Å²) in [5, 5.41) is 24.0. The first kappa shape index (κ1) is 26.0. The number of benzene rings is 1. The van der Waals surface area contributed by atoms with Crippen molar-refractivity contribution < 1.29 is 9.72 Å². The van der Waals surface area contributed by atoms with Gasteiger partial charge in [0.1, 0.15) is 0 Å². The van der Waals surface area contributed by atoms with E-state index in [9.17, 15) is 14.9 Å². The number of nitrogens with one attached hydrogen (secondary N) is 1. The molecule has 1 N–H and O–H groups in total. The van der Waals surface area contributed by atoms with Crippen molar-refractivity contribution in [2.75, 3.05) is 5.32 Å². The smallest absolute Gasteiger partial charge is 0.358 e. The molecule has 3 aromatic rings. The Bertz CT molecular complexity index is 1460. The number of hydrogen-bond acceptors (Lipinski definition) is 5. The Kier molecular flexibility index (Phi) is 6.13. The largest absolute Gasteiger partial charge is 0.408 e. The van der Waals surface area contributed by atoms with Crippen molar-refractivity contribution >= 4 is 29.0 Å².